The van der Waals surface area contributed by atoms with Crippen LogP contribution >= 0.6 is 12.2 Å². The van der Waals surface area contributed by atoms with Crippen molar-refractivity contribution in [1.82, 2.24) is 4.90 Å². The Kier molecular flexibility index (Phi) is 3.91. The van der Waals surface area contributed by atoms with Gasteiger partial charge in [0.25, 0.3) is 0 Å². The standard InChI is InChI=1S/C8H16N2OS/c9-8(12)5-10-4-2-1-3-7(10)6-11/h7,11H,1-6H2,(H2,9,12). The van der Waals surface area contributed by atoms with Crippen molar-refractivity contribution in [2.45, 2.75) is 25.3 Å². The number of hydrogen-bond donors (Lipinski definition) is 2. The van der Waals surface area contributed by atoms with Gasteiger partial charge in [0.2, 0.25) is 0 Å². The SMILES string of the molecule is NC(=S)CN1CCCCC1CO. The van der Waals surface area contributed by atoms with E-state index in [2.05, 4.69) is 4.90 Å². The average molecular weight is 188 g/mol. The predicted molar refractivity (Wildman–Crippen MR) is 53.1 cm³/mol. The Labute approximate surface area is 78.5 Å². The van der Waals surface area contributed by atoms with Crippen LogP contribution in [-0.2, 0) is 0 Å². The maximum atomic E-state index is 9.05. The minimum atomic E-state index is 0.225. The Balaban J connectivity index is 2.41. The van der Waals surface area contributed by atoms with Gasteiger partial charge in [-0.3, -0.25) is 4.90 Å². The normalized spacial score (nSPS) is 25.6. The molecule has 0 aromatic heterocycles. The summed E-state index contributed by atoms with van der Waals surface area (Å²) in [5, 5.41) is 9.05. The third-order valence-corrected chi connectivity index (χ3v) is 2.45. The van der Waals surface area contributed by atoms with E-state index in [4.69, 9.17) is 23.1 Å². The third-order valence-electron chi connectivity index (χ3n) is 2.32. The minimum absolute atomic E-state index is 0.225. The summed E-state index contributed by atoms with van der Waals surface area (Å²) >= 11 is 4.83. The highest BCUT2D eigenvalue weighted by Gasteiger charge is 2.21. The summed E-state index contributed by atoms with van der Waals surface area (Å²) in [5.41, 5.74) is 5.45. The number of thiocarbonyl (C=S) groups is 1. The van der Waals surface area contributed by atoms with Crippen molar-refractivity contribution < 1.29 is 5.11 Å². The van der Waals surface area contributed by atoms with Gasteiger partial charge in [0.05, 0.1) is 11.6 Å². The molecule has 1 saturated heterocycles. The van der Waals surface area contributed by atoms with Gasteiger partial charge >= 0.3 is 0 Å². The zero-order valence-electron chi connectivity index (χ0n) is 7.20. The first-order valence-electron chi connectivity index (χ1n) is 4.37. The highest BCUT2D eigenvalue weighted by atomic mass is 32.1. The van der Waals surface area contributed by atoms with Gasteiger partial charge in [-0.15, -0.1) is 0 Å². The van der Waals surface area contributed by atoms with E-state index >= 15 is 0 Å². The lowest BCUT2D eigenvalue weighted by Gasteiger charge is -2.33. The largest absolute Gasteiger partial charge is 0.395 e. The van der Waals surface area contributed by atoms with Crippen molar-refractivity contribution in [1.29, 1.82) is 0 Å². The fourth-order valence-corrected chi connectivity index (χ4v) is 1.84. The van der Waals surface area contributed by atoms with Gasteiger partial charge in [0, 0.05) is 12.6 Å². The number of hydrogen-bond acceptors (Lipinski definition) is 3. The second kappa shape index (κ2) is 4.74. The molecule has 3 N–H and O–H groups in total. The van der Waals surface area contributed by atoms with Crippen LogP contribution in [0.3, 0.4) is 0 Å². The zero-order chi connectivity index (χ0) is 8.97. The molecule has 0 aliphatic carbocycles. The maximum absolute atomic E-state index is 9.05. The molecule has 0 bridgehead atoms. The fourth-order valence-electron chi connectivity index (χ4n) is 1.68. The van der Waals surface area contributed by atoms with Gasteiger partial charge in [0.15, 0.2) is 0 Å². The summed E-state index contributed by atoms with van der Waals surface area (Å²) in [6.07, 6.45) is 3.47. The van der Waals surface area contributed by atoms with Crippen molar-refractivity contribution in [3.8, 4) is 0 Å². The Morgan fingerprint density at radius 2 is 2.33 bits per heavy atom. The Bertz CT molecular complexity index is 163. The number of likely N-dealkylation sites (tertiary alicyclic amines) is 1. The monoisotopic (exact) mass is 188 g/mol. The summed E-state index contributed by atoms with van der Waals surface area (Å²) in [6.45, 7) is 1.89. The van der Waals surface area contributed by atoms with Crippen LogP contribution in [0.15, 0.2) is 0 Å². The maximum Gasteiger partial charge on any atom is 0.0870 e. The highest BCUT2D eigenvalue weighted by Crippen LogP contribution is 2.15. The zero-order valence-corrected chi connectivity index (χ0v) is 8.02. The molecule has 1 unspecified atom stereocenters. The molecule has 1 rings (SSSR count). The molecule has 0 aromatic rings. The minimum Gasteiger partial charge on any atom is -0.395 e. The number of nitrogens with two attached hydrogens (primary N) is 1. The van der Waals surface area contributed by atoms with Crippen LogP contribution in [0.2, 0.25) is 0 Å². The smallest absolute Gasteiger partial charge is 0.0870 e. The molecule has 0 spiro atoms. The Morgan fingerprint density at radius 1 is 1.58 bits per heavy atom. The lowest BCUT2D eigenvalue weighted by molar-refractivity contribution is 0.105. The second-order valence-corrected chi connectivity index (χ2v) is 3.79. The van der Waals surface area contributed by atoms with E-state index in [1.165, 1.54) is 12.8 Å². The first-order valence-corrected chi connectivity index (χ1v) is 4.78. The van der Waals surface area contributed by atoms with Crippen LogP contribution in [-0.4, -0.2) is 40.7 Å². The first-order chi connectivity index (χ1) is 5.74. The van der Waals surface area contributed by atoms with Gasteiger partial charge < -0.3 is 10.8 Å². The van der Waals surface area contributed by atoms with E-state index in [1.54, 1.807) is 0 Å². The topological polar surface area (TPSA) is 49.5 Å². The summed E-state index contributed by atoms with van der Waals surface area (Å²) < 4.78 is 0. The number of aliphatic hydroxyl groups excluding tert-OH is 1. The van der Waals surface area contributed by atoms with Gasteiger partial charge in [-0.1, -0.05) is 18.6 Å². The Morgan fingerprint density at radius 3 is 2.92 bits per heavy atom. The van der Waals surface area contributed by atoms with Crippen LogP contribution in [0.5, 0.6) is 0 Å². The molecule has 70 valence electrons. The highest BCUT2D eigenvalue weighted by molar-refractivity contribution is 7.80. The van der Waals surface area contributed by atoms with Crippen molar-refractivity contribution in [2.24, 2.45) is 5.73 Å². The summed E-state index contributed by atoms with van der Waals surface area (Å²) in [5.74, 6) is 0. The van der Waals surface area contributed by atoms with E-state index < -0.39 is 0 Å². The lowest BCUT2D eigenvalue weighted by atomic mass is 10.0. The van der Waals surface area contributed by atoms with Gasteiger partial charge in [0.1, 0.15) is 0 Å². The number of nitrogens with zero attached hydrogens (tertiary/aromatic N) is 1. The van der Waals surface area contributed by atoms with Gasteiger partial charge in [-0.25, -0.2) is 0 Å². The molecular weight excluding hydrogens is 172 g/mol. The van der Waals surface area contributed by atoms with Crippen LogP contribution in [0.25, 0.3) is 0 Å². The summed E-state index contributed by atoms with van der Waals surface area (Å²) in [7, 11) is 0. The summed E-state index contributed by atoms with van der Waals surface area (Å²) in [6, 6.07) is 0.278. The molecule has 0 amide bonds. The second-order valence-electron chi connectivity index (χ2n) is 3.27. The van der Waals surface area contributed by atoms with E-state index in [0.717, 1.165) is 13.0 Å². The van der Waals surface area contributed by atoms with Crippen LogP contribution < -0.4 is 5.73 Å². The number of aliphatic hydroxyl groups is 1. The van der Waals surface area contributed by atoms with Crippen LogP contribution in [0.4, 0.5) is 0 Å². The average Bonchev–Trinajstić information content (AvgIpc) is 2.04. The van der Waals surface area contributed by atoms with E-state index in [1.807, 2.05) is 0 Å². The van der Waals surface area contributed by atoms with Crippen LogP contribution in [0, 0.1) is 0 Å². The quantitative estimate of drug-likeness (QED) is 0.618. The van der Waals surface area contributed by atoms with Crippen molar-refractivity contribution in [3.05, 3.63) is 0 Å². The summed E-state index contributed by atoms with van der Waals surface area (Å²) in [4.78, 5) is 2.70. The molecule has 1 fully saturated rings. The Hall–Kier alpha value is -0.190. The number of piperidine rings is 1. The number of rotatable bonds is 3. The molecule has 0 radical (unpaired) electrons. The van der Waals surface area contributed by atoms with E-state index in [9.17, 15) is 0 Å². The third kappa shape index (κ3) is 2.69. The van der Waals surface area contributed by atoms with Crippen molar-refractivity contribution >= 4 is 17.2 Å². The molecule has 1 aliphatic rings. The molecule has 1 aliphatic heterocycles. The predicted octanol–water partition coefficient (Wildman–Crippen LogP) is 0.119. The van der Waals surface area contributed by atoms with Gasteiger partial charge in [-0.05, 0) is 19.4 Å². The van der Waals surface area contributed by atoms with Crippen molar-refractivity contribution in [2.75, 3.05) is 19.7 Å². The van der Waals surface area contributed by atoms with Crippen LogP contribution in [0.1, 0.15) is 19.3 Å². The molecule has 4 heteroatoms. The molecule has 12 heavy (non-hydrogen) atoms. The molecule has 0 aromatic carbocycles. The van der Waals surface area contributed by atoms with E-state index in [-0.39, 0.29) is 12.6 Å². The molecule has 0 saturated carbocycles. The lowest BCUT2D eigenvalue weighted by Crippen LogP contribution is -2.45. The van der Waals surface area contributed by atoms with Gasteiger partial charge in [-0.2, -0.15) is 0 Å². The van der Waals surface area contributed by atoms with Crippen molar-refractivity contribution in [3.63, 3.8) is 0 Å². The molecule has 1 atom stereocenters. The fraction of sp³-hybridized carbons (Fsp3) is 0.875. The first kappa shape index (κ1) is 9.89. The molecule has 1 heterocycles. The molecule has 3 nitrogen and oxygen atoms in total. The molecular formula is C8H16N2OS. The van der Waals surface area contributed by atoms with E-state index in [0.29, 0.717) is 11.5 Å².